The number of carbonyl (C=O) groups is 2. The van der Waals surface area contributed by atoms with Gasteiger partial charge in [-0.05, 0) is 18.8 Å². The molecular formula is C12H23N3O3. The number of rotatable bonds is 6. The number of amides is 1. The molecule has 6 heteroatoms. The number of hydrazine groups is 1. The van der Waals surface area contributed by atoms with E-state index in [9.17, 15) is 9.59 Å². The molecule has 0 aliphatic carbocycles. The lowest BCUT2D eigenvalue weighted by molar-refractivity contribution is -0.151. The zero-order valence-corrected chi connectivity index (χ0v) is 11.0. The van der Waals surface area contributed by atoms with Crippen LogP contribution in [0.5, 0.6) is 0 Å². The Bertz CT molecular complexity index is 284. The highest BCUT2D eigenvalue weighted by Gasteiger charge is 2.22. The first-order valence-electron chi connectivity index (χ1n) is 6.60. The normalized spacial score (nSPS) is 20.7. The van der Waals surface area contributed by atoms with E-state index in [0.29, 0.717) is 18.9 Å². The van der Waals surface area contributed by atoms with Crippen LogP contribution in [0.1, 0.15) is 45.4 Å². The summed E-state index contributed by atoms with van der Waals surface area (Å²) < 4.78 is 0. The minimum Gasteiger partial charge on any atom is -0.356 e. The molecule has 1 atom stereocenters. The average Bonchev–Trinajstić information content (AvgIpc) is 2.51. The highest BCUT2D eigenvalue weighted by atomic mass is 16.7. The first kappa shape index (κ1) is 14.9. The van der Waals surface area contributed by atoms with Crippen LogP contribution in [0, 0.1) is 5.92 Å². The molecule has 1 fully saturated rings. The molecule has 0 radical (unpaired) electrons. The highest BCUT2D eigenvalue weighted by Crippen LogP contribution is 2.22. The van der Waals surface area contributed by atoms with Gasteiger partial charge in [0.05, 0.1) is 6.42 Å². The number of carbonyl (C=O) groups excluding carboxylic acids is 2. The Morgan fingerprint density at radius 1 is 1.56 bits per heavy atom. The molecule has 0 aromatic carbocycles. The Balaban J connectivity index is 2.36. The van der Waals surface area contributed by atoms with Gasteiger partial charge in [-0.3, -0.25) is 9.59 Å². The Labute approximate surface area is 108 Å². The fraction of sp³-hybridized carbons (Fsp3) is 0.833. The van der Waals surface area contributed by atoms with Crippen LogP contribution in [0.15, 0.2) is 0 Å². The lowest BCUT2D eigenvalue weighted by atomic mass is 9.96. The predicted molar refractivity (Wildman–Crippen MR) is 66.9 cm³/mol. The summed E-state index contributed by atoms with van der Waals surface area (Å²) in [7, 11) is 0. The van der Waals surface area contributed by atoms with Crippen molar-refractivity contribution in [3.63, 3.8) is 0 Å². The lowest BCUT2D eigenvalue weighted by Gasteiger charge is -2.20. The molecule has 18 heavy (non-hydrogen) atoms. The zero-order chi connectivity index (χ0) is 13.4. The first-order valence-corrected chi connectivity index (χ1v) is 6.60. The molecule has 0 aromatic heterocycles. The molecule has 0 saturated carbocycles. The second-order valence-corrected chi connectivity index (χ2v) is 4.70. The number of hydrogen-bond acceptors (Lipinski definition) is 5. The van der Waals surface area contributed by atoms with Crippen molar-refractivity contribution in [1.82, 2.24) is 10.5 Å². The third-order valence-electron chi connectivity index (χ3n) is 3.38. The Morgan fingerprint density at radius 2 is 2.33 bits per heavy atom. The van der Waals surface area contributed by atoms with Gasteiger partial charge in [-0.15, -0.1) is 0 Å². The van der Waals surface area contributed by atoms with Gasteiger partial charge in [0.2, 0.25) is 5.91 Å². The highest BCUT2D eigenvalue weighted by molar-refractivity contribution is 5.77. The van der Waals surface area contributed by atoms with Crippen LogP contribution >= 0.6 is 0 Å². The second kappa shape index (κ2) is 8.05. The predicted octanol–water partition coefficient (Wildman–Crippen LogP) is 0.727. The summed E-state index contributed by atoms with van der Waals surface area (Å²) in [6, 6.07) is 0. The quantitative estimate of drug-likeness (QED) is 0.541. The molecule has 1 unspecified atom stereocenters. The van der Waals surface area contributed by atoms with Gasteiger partial charge in [0.15, 0.2) is 0 Å². The van der Waals surface area contributed by atoms with Crippen molar-refractivity contribution in [1.29, 1.82) is 0 Å². The summed E-state index contributed by atoms with van der Waals surface area (Å²) >= 11 is 0. The maximum absolute atomic E-state index is 11.9. The van der Waals surface area contributed by atoms with Crippen molar-refractivity contribution in [2.45, 2.75) is 45.4 Å². The van der Waals surface area contributed by atoms with Gasteiger partial charge in [0.25, 0.3) is 0 Å². The fourth-order valence-electron chi connectivity index (χ4n) is 2.37. The summed E-state index contributed by atoms with van der Waals surface area (Å²) in [5.74, 6) is 5.20. The molecule has 104 valence electrons. The topological polar surface area (TPSA) is 84.7 Å². The van der Waals surface area contributed by atoms with Gasteiger partial charge in [-0.25, -0.2) is 5.84 Å². The Kier molecular flexibility index (Phi) is 6.67. The molecule has 1 amide bonds. The summed E-state index contributed by atoms with van der Waals surface area (Å²) in [5, 5.41) is 0. The summed E-state index contributed by atoms with van der Waals surface area (Å²) in [4.78, 5) is 29.2. The maximum atomic E-state index is 11.9. The third-order valence-corrected chi connectivity index (χ3v) is 3.38. The van der Waals surface area contributed by atoms with Gasteiger partial charge < -0.3 is 9.74 Å². The van der Waals surface area contributed by atoms with Gasteiger partial charge in [0.1, 0.15) is 0 Å². The lowest BCUT2D eigenvalue weighted by Crippen LogP contribution is -2.34. The second-order valence-electron chi connectivity index (χ2n) is 4.70. The molecule has 1 heterocycles. The number of nitrogens with one attached hydrogen (secondary N) is 1. The van der Waals surface area contributed by atoms with Crippen molar-refractivity contribution in [3.05, 3.63) is 0 Å². The zero-order valence-electron chi connectivity index (χ0n) is 11.0. The Morgan fingerprint density at radius 3 is 3.00 bits per heavy atom. The van der Waals surface area contributed by atoms with Crippen LogP contribution < -0.4 is 11.4 Å². The average molecular weight is 257 g/mol. The maximum Gasteiger partial charge on any atom is 0.328 e. The molecular weight excluding hydrogens is 234 g/mol. The van der Waals surface area contributed by atoms with E-state index in [1.165, 1.54) is 6.42 Å². The molecule has 0 spiro atoms. The molecule has 3 N–H and O–H groups in total. The van der Waals surface area contributed by atoms with E-state index >= 15 is 0 Å². The van der Waals surface area contributed by atoms with Crippen molar-refractivity contribution in [2.24, 2.45) is 11.8 Å². The number of nitrogens with zero attached hydrogens (tertiary/aromatic N) is 1. The van der Waals surface area contributed by atoms with E-state index in [1.807, 2.05) is 5.59 Å². The van der Waals surface area contributed by atoms with Crippen LogP contribution in [-0.2, 0) is 14.4 Å². The van der Waals surface area contributed by atoms with Crippen molar-refractivity contribution in [2.75, 3.05) is 13.1 Å². The molecule has 1 saturated heterocycles. The summed E-state index contributed by atoms with van der Waals surface area (Å²) in [5.41, 5.74) is 1.85. The largest absolute Gasteiger partial charge is 0.356 e. The van der Waals surface area contributed by atoms with E-state index in [4.69, 9.17) is 5.84 Å². The van der Waals surface area contributed by atoms with Crippen molar-refractivity contribution >= 4 is 11.9 Å². The molecule has 6 nitrogen and oxygen atoms in total. The van der Waals surface area contributed by atoms with Crippen LogP contribution in [0.25, 0.3) is 0 Å². The van der Waals surface area contributed by atoms with E-state index < -0.39 is 5.97 Å². The van der Waals surface area contributed by atoms with E-state index in [0.717, 1.165) is 25.8 Å². The van der Waals surface area contributed by atoms with Gasteiger partial charge >= 0.3 is 5.97 Å². The van der Waals surface area contributed by atoms with E-state index in [-0.39, 0.29) is 12.3 Å². The summed E-state index contributed by atoms with van der Waals surface area (Å²) in [6.45, 7) is 3.32. The van der Waals surface area contributed by atoms with Crippen molar-refractivity contribution in [3.8, 4) is 0 Å². The van der Waals surface area contributed by atoms with Crippen LogP contribution in [0.4, 0.5) is 0 Å². The minimum atomic E-state index is -0.445. The van der Waals surface area contributed by atoms with Crippen LogP contribution in [0.3, 0.4) is 0 Å². The van der Waals surface area contributed by atoms with Gasteiger partial charge in [0, 0.05) is 19.5 Å². The number of hydrogen-bond donors (Lipinski definition) is 2. The number of likely N-dealkylation sites (tertiary alicyclic amines) is 1. The smallest absolute Gasteiger partial charge is 0.328 e. The number of nitrogens with two attached hydrogens (primary N) is 1. The molecule has 0 aromatic rings. The minimum absolute atomic E-state index is 0.141. The van der Waals surface area contributed by atoms with Crippen LogP contribution in [0.2, 0.25) is 0 Å². The van der Waals surface area contributed by atoms with Crippen LogP contribution in [-0.4, -0.2) is 29.9 Å². The van der Waals surface area contributed by atoms with Crippen molar-refractivity contribution < 1.29 is 14.4 Å². The standard InChI is InChI=1S/C12H23N3O3/c1-2-3-10-4-5-11(16)15(8-6-10)9-7-12(17)18-14-13/h10,14H,2-9,13H2,1H3. The SMILES string of the molecule is CCCC1CCC(=O)N(CCC(=O)ONN)CC1. The fourth-order valence-corrected chi connectivity index (χ4v) is 2.37. The summed E-state index contributed by atoms with van der Waals surface area (Å²) in [6.07, 6.45) is 5.11. The van der Waals surface area contributed by atoms with E-state index in [2.05, 4.69) is 11.8 Å². The third kappa shape index (κ3) is 5.01. The molecule has 1 aliphatic rings. The van der Waals surface area contributed by atoms with E-state index in [1.54, 1.807) is 4.90 Å². The molecule has 0 bridgehead atoms. The first-order chi connectivity index (χ1) is 8.67. The molecule has 1 aliphatic heterocycles. The van der Waals surface area contributed by atoms with Gasteiger partial charge in [-0.1, -0.05) is 25.4 Å². The monoisotopic (exact) mass is 257 g/mol. The van der Waals surface area contributed by atoms with Gasteiger partial charge in [-0.2, -0.15) is 0 Å². The Hall–Kier alpha value is -1.14. The molecule has 1 rings (SSSR count).